The highest BCUT2D eigenvalue weighted by Gasteiger charge is 2.10. The van der Waals surface area contributed by atoms with Crippen molar-refractivity contribution in [3.8, 4) is 11.3 Å². The van der Waals surface area contributed by atoms with Crippen molar-refractivity contribution >= 4 is 21.4 Å². The number of nitrogens with zero attached hydrogens (tertiary/aromatic N) is 4. The largest absolute Gasteiger partial charge is 0.360 e. The molecule has 0 atom stereocenters. The minimum Gasteiger partial charge on any atom is -0.360 e. The predicted molar refractivity (Wildman–Crippen MR) is 98.4 cm³/mol. The number of imidazole rings is 1. The molecule has 3 heterocycles. The molecule has 0 unspecified atom stereocenters. The summed E-state index contributed by atoms with van der Waals surface area (Å²) in [5.41, 5.74) is 3.53. The van der Waals surface area contributed by atoms with Gasteiger partial charge in [0.2, 0.25) is 10.1 Å². The minimum atomic E-state index is 0.907. The fraction of sp³-hybridized carbons (Fsp3) is 0.389. The summed E-state index contributed by atoms with van der Waals surface area (Å²) in [4.78, 5) is 9.69. The van der Waals surface area contributed by atoms with Gasteiger partial charge in [0.15, 0.2) is 0 Å². The second-order valence-electron chi connectivity index (χ2n) is 6.14. The summed E-state index contributed by atoms with van der Waals surface area (Å²) in [6, 6.07) is 3.93. The van der Waals surface area contributed by atoms with E-state index in [0.29, 0.717) is 0 Å². The molecule has 1 N–H and O–H groups in total. The predicted octanol–water partition coefficient (Wildman–Crippen LogP) is 4.55. The fourth-order valence-corrected chi connectivity index (χ4v) is 3.87. The molecule has 4 rings (SSSR count). The molecule has 0 radical (unpaired) electrons. The first-order chi connectivity index (χ1) is 11.9. The third-order valence-electron chi connectivity index (χ3n) is 4.36. The first-order valence-corrected chi connectivity index (χ1v) is 9.38. The van der Waals surface area contributed by atoms with Crippen molar-refractivity contribution in [2.24, 2.45) is 0 Å². The number of allylic oxidation sites excluding steroid dienone is 1. The van der Waals surface area contributed by atoms with Gasteiger partial charge in [-0.25, -0.2) is 9.50 Å². The van der Waals surface area contributed by atoms with E-state index in [9.17, 15) is 0 Å². The zero-order valence-corrected chi connectivity index (χ0v) is 14.4. The topological polar surface area (TPSA) is 55.1 Å². The van der Waals surface area contributed by atoms with Crippen LogP contribution < -0.4 is 5.32 Å². The quantitative estimate of drug-likeness (QED) is 0.693. The number of nitrogens with one attached hydrogen (secondary N) is 1. The summed E-state index contributed by atoms with van der Waals surface area (Å²) in [7, 11) is 0. The number of hydrogen-bond donors (Lipinski definition) is 1. The number of pyridine rings is 1. The Labute approximate surface area is 145 Å². The number of rotatable bonds is 5. The van der Waals surface area contributed by atoms with Crippen molar-refractivity contribution in [3.63, 3.8) is 0 Å². The molecule has 0 amide bonds. The van der Waals surface area contributed by atoms with Gasteiger partial charge in [-0.15, -0.1) is 5.10 Å². The van der Waals surface area contributed by atoms with Gasteiger partial charge in [0.25, 0.3) is 0 Å². The molecule has 0 fully saturated rings. The van der Waals surface area contributed by atoms with Crippen molar-refractivity contribution < 1.29 is 0 Å². The summed E-state index contributed by atoms with van der Waals surface area (Å²) < 4.78 is 1.85. The smallest absolute Gasteiger partial charge is 0.214 e. The van der Waals surface area contributed by atoms with E-state index in [2.05, 4.69) is 26.5 Å². The third kappa shape index (κ3) is 3.48. The van der Waals surface area contributed by atoms with Gasteiger partial charge in [-0.3, -0.25) is 4.98 Å². The normalized spacial score (nSPS) is 15.2. The Morgan fingerprint density at radius 3 is 3.12 bits per heavy atom. The minimum absolute atomic E-state index is 0.907. The van der Waals surface area contributed by atoms with E-state index < -0.39 is 0 Å². The molecule has 124 valence electrons. The number of aromatic nitrogens is 4. The summed E-state index contributed by atoms with van der Waals surface area (Å²) >= 11 is 1.59. The Bertz CT molecular complexity index is 802. The van der Waals surface area contributed by atoms with E-state index in [-0.39, 0.29) is 0 Å². The van der Waals surface area contributed by atoms with Crippen LogP contribution in [0.2, 0.25) is 0 Å². The molecule has 3 aromatic rings. The van der Waals surface area contributed by atoms with Crippen LogP contribution in [0.15, 0.2) is 42.4 Å². The van der Waals surface area contributed by atoms with Crippen LogP contribution in [0, 0.1) is 0 Å². The molecule has 1 aliphatic carbocycles. The van der Waals surface area contributed by atoms with Crippen LogP contribution in [0.25, 0.3) is 16.2 Å². The van der Waals surface area contributed by atoms with E-state index in [0.717, 1.165) is 34.3 Å². The van der Waals surface area contributed by atoms with Gasteiger partial charge < -0.3 is 5.32 Å². The van der Waals surface area contributed by atoms with Crippen LogP contribution in [-0.4, -0.2) is 26.1 Å². The van der Waals surface area contributed by atoms with Crippen molar-refractivity contribution in [2.75, 3.05) is 11.9 Å². The highest BCUT2D eigenvalue weighted by molar-refractivity contribution is 7.20. The molecule has 0 saturated carbocycles. The lowest BCUT2D eigenvalue weighted by atomic mass is 10.1. The van der Waals surface area contributed by atoms with Crippen LogP contribution in [-0.2, 0) is 0 Å². The van der Waals surface area contributed by atoms with E-state index in [4.69, 9.17) is 0 Å². The standard InChI is InChI=1S/C18H21N5S/c1-2-4-7-14(6-3-1)9-11-20-17-22-23-13-16(21-18(23)24-17)15-8-5-10-19-12-15/h5-6,8,10,12-13H,1-4,7,9,11H2,(H,20,22). The van der Waals surface area contributed by atoms with E-state index >= 15 is 0 Å². The first kappa shape index (κ1) is 15.3. The van der Waals surface area contributed by atoms with Gasteiger partial charge in [-0.1, -0.05) is 29.4 Å². The number of fused-ring (bicyclic) bond motifs is 1. The zero-order valence-electron chi connectivity index (χ0n) is 13.6. The highest BCUT2D eigenvalue weighted by atomic mass is 32.1. The Balaban J connectivity index is 1.39. The maximum absolute atomic E-state index is 4.64. The monoisotopic (exact) mass is 339 g/mol. The molecule has 0 aliphatic heterocycles. The summed E-state index contributed by atoms with van der Waals surface area (Å²) in [6.07, 6.45) is 15.7. The van der Waals surface area contributed by atoms with Gasteiger partial charge in [0, 0.05) is 24.5 Å². The fourth-order valence-electron chi connectivity index (χ4n) is 3.06. The lowest BCUT2D eigenvalue weighted by molar-refractivity contribution is 0.704. The molecule has 5 nitrogen and oxygen atoms in total. The summed E-state index contributed by atoms with van der Waals surface area (Å²) in [5.74, 6) is 0. The van der Waals surface area contributed by atoms with E-state index in [1.165, 1.54) is 32.1 Å². The second-order valence-corrected chi connectivity index (χ2v) is 7.10. The molecule has 3 aromatic heterocycles. The average Bonchev–Trinajstić information content (AvgIpc) is 3.05. The van der Waals surface area contributed by atoms with Crippen molar-refractivity contribution in [1.29, 1.82) is 0 Å². The van der Waals surface area contributed by atoms with Gasteiger partial charge in [-0.05, 0) is 44.2 Å². The summed E-state index contributed by atoms with van der Waals surface area (Å²) in [5, 5.41) is 8.96. The van der Waals surface area contributed by atoms with Crippen LogP contribution in [0.3, 0.4) is 0 Å². The van der Waals surface area contributed by atoms with Gasteiger partial charge in [0.05, 0.1) is 11.9 Å². The third-order valence-corrected chi connectivity index (χ3v) is 5.24. The van der Waals surface area contributed by atoms with Crippen molar-refractivity contribution in [2.45, 2.75) is 38.5 Å². The van der Waals surface area contributed by atoms with Crippen LogP contribution >= 0.6 is 11.3 Å². The van der Waals surface area contributed by atoms with Crippen LogP contribution in [0.4, 0.5) is 5.13 Å². The lowest BCUT2D eigenvalue weighted by Crippen LogP contribution is -2.03. The van der Waals surface area contributed by atoms with Crippen molar-refractivity contribution in [1.82, 2.24) is 19.6 Å². The molecule has 0 aromatic carbocycles. The molecule has 0 spiro atoms. The molecule has 0 bridgehead atoms. The molecule has 0 saturated heterocycles. The Hall–Kier alpha value is -2.21. The van der Waals surface area contributed by atoms with Crippen LogP contribution in [0.1, 0.15) is 38.5 Å². The Kier molecular flexibility index (Phi) is 4.55. The number of anilines is 1. The highest BCUT2D eigenvalue weighted by Crippen LogP contribution is 2.24. The van der Waals surface area contributed by atoms with Gasteiger partial charge in [-0.2, -0.15) is 0 Å². The van der Waals surface area contributed by atoms with E-state index in [1.54, 1.807) is 23.1 Å². The molecular weight excluding hydrogens is 318 g/mol. The Morgan fingerprint density at radius 1 is 1.25 bits per heavy atom. The molecule has 1 aliphatic rings. The van der Waals surface area contributed by atoms with Crippen LogP contribution in [0.5, 0.6) is 0 Å². The first-order valence-electron chi connectivity index (χ1n) is 8.57. The lowest BCUT2D eigenvalue weighted by Gasteiger charge is -2.05. The summed E-state index contributed by atoms with van der Waals surface area (Å²) in [6.45, 7) is 0.942. The average molecular weight is 339 g/mol. The SMILES string of the molecule is C1=C(CCNc2nn3cc(-c4cccnc4)nc3s2)CCCCC1. The van der Waals surface area contributed by atoms with Gasteiger partial charge in [0.1, 0.15) is 0 Å². The molecule has 24 heavy (non-hydrogen) atoms. The molecular formula is C18H21N5S. The van der Waals surface area contributed by atoms with Crippen molar-refractivity contribution in [3.05, 3.63) is 42.4 Å². The zero-order chi connectivity index (χ0) is 16.2. The van der Waals surface area contributed by atoms with E-state index in [1.807, 2.05) is 29.0 Å². The second kappa shape index (κ2) is 7.13. The number of hydrogen-bond acceptors (Lipinski definition) is 5. The maximum atomic E-state index is 4.64. The van der Waals surface area contributed by atoms with Gasteiger partial charge >= 0.3 is 0 Å². The molecule has 6 heteroatoms. The maximum Gasteiger partial charge on any atom is 0.214 e. The Morgan fingerprint density at radius 2 is 2.25 bits per heavy atom.